The monoisotopic (exact) mass is 311 g/mol. The van der Waals surface area contributed by atoms with Gasteiger partial charge in [0.05, 0.1) is 6.54 Å². The Bertz CT molecular complexity index is 450. The smallest absolute Gasteiger partial charge is 0.410 e. The summed E-state index contributed by atoms with van der Waals surface area (Å²) in [7, 11) is 0. The summed E-state index contributed by atoms with van der Waals surface area (Å²) >= 11 is 0. The second kappa shape index (κ2) is 6.54. The lowest BCUT2D eigenvalue weighted by molar-refractivity contribution is -0.139. The number of ether oxygens (including phenoxy) is 1. The molecule has 0 aromatic rings. The largest absolute Gasteiger partial charge is 0.444 e. The van der Waals surface area contributed by atoms with Crippen LogP contribution in [-0.2, 0) is 14.3 Å². The van der Waals surface area contributed by atoms with Crippen molar-refractivity contribution in [3.05, 3.63) is 0 Å². The van der Waals surface area contributed by atoms with Crippen molar-refractivity contribution in [1.29, 1.82) is 0 Å². The minimum absolute atomic E-state index is 0.0425. The van der Waals surface area contributed by atoms with Crippen molar-refractivity contribution in [3.8, 4) is 0 Å². The molecule has 0 spiro atoms. The molecule has 0 atom stereocenters. The first-order chi connectivity index (χ1) is 10.3. The normalized spacial score (nSPS) is 19.6. The van der Waals surface area contributed by atoms with E-state index < -0.39 is 5.60 Å². The Labute approximate surface area is 131 Å². The number of carbonyl (C=O) groups excluding carboxylic acids is 3. The van der Waals surface area contributed by atoms with Gasteiger partial charge in [-0.05, 0) is 27.2 Å². The minimum atomic E-state index is -0.514. The molecule has 0 aromatic carbocycles. The second-order valence-corrected chi connectivity index (χ2v) is 6.77. The summed E-state index contributed by atoms with van der Waals surface area (Å²) in [5, 5.41) is 0. The first-order valence-electron chi connectivity index (χ1n) is 7.80. The van der Waals surface area contributed by atoms with Gasteiger partial charge in [0.25, 0.3) is 0 Å². The molecule has 0 aromatic heterocycles. The van der Waals surface area contributed by atoms with E-state index in [-0.39, 0.29) is 24.5 Å². The Hall–Kier alpha value is -1.79. The lowest BCUT2D eigenvalue weighted by atomic mass is 10.2. The van der Waals surface area contributed by atoms with Crippen molar-refractivity contribution in [2.75, 3.05) is 39.3 Å². The Morgan fingerprint density at radius 1 is 1.05 bits per heavy atom. The van der Waals surface area contributed by atoms with Crippen LogP contribution in [0.1, 0.15) is 33.6 Å². The van der Waals surface area contributed by atoms with Crippen molar-refractivity contribution < 1.29 is 19.1 Å². The molecule has 0 saturated carbocycles. The third kappa shape index (κ3) is 4.35. The summed E-state index contributed by atoms with van der Waals surface area (Å²) in [5.74, 6) is 0.0137. The van der Waals surface area contributed by atoms with Crippen molar-refractivity contribution in [2.45, 2.75) is 39.2 Å². The van der Waals surface area contributed by atoms with Crippen LogP contribution >= 0.6 is 0 Å². The molecule has 0 N–H and O–H groups in total. The van der Waals surface area contributed by atoms with Crippen LogP contribution in [0.3, 0.4) is 0 Å². The van der Waals surface area contributed by atoms with Crippen LogP contribution in [-0.4, -0.2) is 77.5 Å². The summed E-state index contributed by atoms with van der Waals surface area (Å²) in [6, 6.07) is 0. The molecular weight excluding hydrogens is 286 g/mol. The number of likely N-dealkylation sites (tertiary alicyclic amines) is 1. The number of rotatable bonds is 2. The molecule has 2 aliphatic heterocycles. The molecule has 124 valence electrons. The maximum Gasteiger partial charge on any atom is 0.410 e. The minimum Gasteiger partial charge on any atom is -0.444 e. The number of hydrogen-bond donors (Lipinski definition) is 0. The van der Waals surface area contributed by atoms with E-state index in [1.54, 1.807) is 14.7 Å². The van der Waals surface area contributed by atoms with Gasteiger partial charge >= 0.3 is 6.09 Å². The van der Waals surface area contributed by atoms with Crippen LogP contribution < -0.4 is 0 Å². The lowest BCUT2D eigenvalue weighted by Crippen LogP contribution is -2.53. The van der Waals surface area contributed by atoms with E-state index in [4.69, 9.17) is 4.74 Å². The Morgan fingerprint density at radius 2 is 1.64 bits per heavy atom. The molecule has 0 aliphatic carbocycles. The highest BCUT2D eigenvalue weighted by molar-refractivity contribution is 5.86. The first-order valence-corrected chi connectivity index (χ1v) is 7.80. The van der Waals surface area contributed by atoms with E-state index in [0.717, 1.165) is 6.42 Å². The van der Waals surface area contributed by atoms with Gasteiger partial charge in [0.2, 0.25) is 11.8 Å². The van der Waals surface area contributed by atoms with Crippen LogP contribution in [0.2, 0.25) is 0 Å². The summed E-state index contributed by atoms with van der Waals surface area (Å²) < 4.78 is 5.33. The van der Waals surface area contributed by atoms with E-state index in [1.807, 2.05) is 20.8 Å². The second-order valence-electron chi connectivity index (χ2n) is 6.77. The third-order valence-corrected chi connectivity index (χ3v) is 3.78. The van der Waals surface area contributed by atoms with Gasteiger partial charge in [-0.15, -0.1) is 0 Å². The molecule has 22 heavy (non-hydrogen) atoms. The van der Waals surface area contributed by atoms with Crippen LogP contribution in [0.5, 0.6) is 0 Å². The highest BCUT2D eigenvalue weighted by Crippen LogP contribution is 2.13. The van der Waals surface area contributed by atoms with Gasteiger partial charge in [-0.1, -0.05) is 0 Å². The predicted octanol–water partition coefficient (Wildman–Crippen LogP) is 0.688. The average Bonchev–Trinajstić information content (AvgIpc) is 2.82. The highest BCUT2D eigenvalue weighted by Gasteiger charge is 2.29. The summed E-state index contributed by atoms with van der Waals surface area (Å²) in [6.07, 6.45) is 1.03. The summed E-state index contributed by atoms with van der Waals surface area (Å²) in [4.78, 5) is 40.7. The Kier molecular flexibility index (Phi) is 4.93. The molecule has 7 nitrogen and oxygen atoms in total. The first kappa shape index (κ1) is 16.6. The van der Waals surface area contributed by atoms with Gasteiger partial charge in [-0.3, -0.25) is 9.59 Å². The van der Waals surface area contributed by atoms with Crippen LogP contribution in [0.25, 0.3) is 0 Å². The van der Waals surface area contributed by atoms with E-state index in [1.165, 1.54) is 0 Å². The van der Waals surface area contributed by atoms with E-state index in [0.29, 0.717) is 39.1 Å². The van der Waals surface area contributed by atoms with Crippen LogP contribution in [0.4, 0.5) is 4.79 Å². The lowest BCUT2D eigenvalue weighted by Gasteiger charge is -2.36. The fourth-order valence-electron chi connectivity index (χ4n) is 2.60. The van der Waals surface area contributed by atoms with Gasteiger partial charge in [-0.2, -0.15) is 0 Å². The molecule has 2 fully saturated rings. The number of carbonyl (C=O) groups is 3. The van der Waals surface area contributed by atoms with E-state index >= 15 is 0 Å². The fourth-order valence-corrected chi connectivity index (χ4v) is 2.60. The van der Waals surface area contributed by atoms with Gasteiger partial charge in [0, 0.05) is 39.1 Å². The zero-order valence-corrected chi connectivity index (χ0v) is 13.6. The molecule has 3 amide bonds. The van der Waals surface area contributed by atoms with Crippen molar-refractivity contribution in [1.82, 2.24) is 14.7 Å². The third-order valence-electron chi connectivity index (χ3n) is 3.78. The highest BCUT2D eigenvalue weighted by atomic mass is 16.6. The molecule has 0 bridgehead atoms. The van der Waals surface area contributed by atoms with E-state index in [2.05, 4.69) is 0 Å². The van der Waals surface area contributed by atoms with Crippen molar-refractivity contribution in [2.24, 2.45) is 0 Å². The van der Waals surface area contributed by atoms with Gasteiger partial charge in [-0.25, -0.2) is 4.79 Å². The molecule has 2 saturated heterocycles. The number of amides is 3. The molecule has 7 heteroatoms. The molecule has 2 heterocycles. The Morgan fingerprint density at radius 3 is 2.14 bits per heavy atom. The predicted molar refractivity (Wildman–Crippen MR) is 80.2 cm³/mol. The topological polar surface area (TPSA) is 70.2 Å². The number of nitrogens with zero attached hydrogens (tertiary/aromatic N) is 3. The average molecular weight is 311 g/mol. The molecule has 2 aliphatic rings. The zero-order valence-electron chi connectivity index (χ0n) is 13.6. The van der Waals surface area contributed by atoms with Gasteiger partial charge < -0.3 is 19.4 Å². The number of hydrogen-bond acceptors (Lipinski definition) is 4. The van der Waals surface area contributed by atoms with Crippen molar-refractivity contribution in [3.63, 3.8) is 0 Å². The summed E-state index contributed by atoms with van der Waals surface area (Å²) in [6.45, 7) is 8.23. The van der Waals surface area contributed by atoms with Crippen LogP contribution in [0, 0.1) is 0 Å². The fraction of sp³-hybridized carbons (Fsp3) is 0.800. The quantitative estimate of drug-likeness (QED) is 0.752. The van der Waals surface area contributed by atoms with Crippen molar-refractivity contribution >= 4 is 17.9 Å². The molecule has 0 unspecified atom stereocenters. The van der Waals surface area contributed by atoms with Crippen LogP contribution in [0.15, 0.2) is 0 Å². The zero-order chi connectivity index (χ0) is 16.3. The maximum atomic E-state index is 12.2. The summed E-state index contributed by atoms with van der Waals surface area (Å²) in [5.41, 5.74) is -0.514. The number of piperazine rings is 1. The van der Waals surface area contributed by atoms with Gasteiger partial charge in [0.1, 0.15) is 5.60 Å². The van der Waals surface area contributed by atoms with E-state index in [9.17, 15) is 14.4 Å². The standard InChI is InChI=1S/C15H25N3O4/c1-15(2,3)22-14(21)17-9-7-16(8-10-17)13(20)11-18-6-4-5-12(18)19/h4-11H2,1-3H3. The molecule has 0 radical (unpaired) electrons. The SMILES string of the molecule is CC(C)(C)OC(=O)N1CCN(C(=O)CN2CCCC2=O)CC1. The Balaban J connectivity index is 1.78. The molecule has 2 rings (SSSR count). The maximum absolute atomic E-state index is 12.2. The molecular formula is C15H25N3O4. The van der Waals surface area contributed by atoms with Gasteiger partial charge in [0.15, 0.2) is 0 Å².